The molecule has 0 fully saturated rings. The van der Waals surface area contributed by atoms with Crippen LogP contribution in [0.2, 0.25) is 0 Å². The molecule has 1 heterocycles. The van der Waals surface area contributed by atoms with Crippen LogP contribution in [0.1, 0.15) is 25.2 Å². The van der Waals surface area contributed by atoms with E-state index in [4.69, 9.17) is 9.15 Å². The Morgan fingerprint density at radius 2 is 2.04 bits per heavy atom. The van der Waals surface area contributed by atoms with Crippen molar-refractivity contribution in [2.24, 2.45) is 0 Å². The van der Waals surface area contributed by atoms with Crippen molar-refractivity contribution < 1.29 is 19.1 Å². The van der Waals surface area contributed by atoms with Crippen molar-refractivity contribution in [3.05, 3.63) is 54.0 Å². The van der Waals surface area contributed by atoms with Crippen molar-refractivity contribution in [3.8, 4) is 5.75 Å². The molecule has 6 heteroatoms. The number of aliphatic hydroxyl groups is 1. The Morgan fingerprint density at radius 1 is 1.26 bits per heavy atom. The fraction of sp³-hybridized carbons (Fsp3) is 0.353. The molecule has 124 valence electrons. The van der Waals surface area contributed by atoms with Crippen molar-refractivity contribution >= 4 is 6.03 Å². The second-order valence-electron chi connectivity index (χ2n) is 5.33. The second kappa shape index (κ2) is 7.69. The first-order chi connectivity index (χ1) is 11.0. The molecule has 0 aliphatic heterocycles. The zero-order valence-electron chi connectivity index (χ0n) is 13.3. The van der Waals surface area contributed by atoms with Crippen LogP contribution in [0.3, 0.4) is 0 Å². The number of carbonyl (C=O) groups excluding carboxylic acids is 1. The molecule has 0 aliphatic rings. The lowest BCUT2D eigenvalue weighted by Crippen LogP contribution is -2.43. The highest BCUT2D eigenvalue weighted by Crippen LogP contribution is 2.20. The first kappa shape index (κ1) is 16.9. The normalized spacial score (nSPS) is 13.2. The van der Waals surface area contributed by atoms with Gasteiger partial charge in [0, 0.05) is 12.1 Å². The van der Waals surface area contributed by atoms with Crippen LogP contribution in [0.4, 0.5) is 4.79 Å². The van der Waals surface area contributed by atoms with Crippen molar-refractivity contribution in [1.29, 1.82) is 0 Å². The molecule has 0 radical (unpaired) electrons. The summed E-state index contributed by atoms with van der Waals surface area (Å²) in [6.07, 6.45) is 1.48. The van der Waals surface area contributed by atoms with E-state index in [0.29, 0.717) is 18.9 Å². The van der Waals surface area contributed by atoms with Gasteiger partial charge in [0.05, 0.1) is 19.4 Å². The van der Waals surface area contributed by atoms with E-state index in [0.717, 1.165) is 11.3 Å². The Kier molecular flexibility index (Phi) is 5.65. The number of carbonyl (C=O) groups is 1. The average Bonchev–Trinajstić information content (AvgIpc) is 3.08. The molecule has 1 atom stereocenters. The second-order valence-corrected chi connectivity index (χ2v) is 5.33. The summed E-state index contributed by atoms with van der Waals surface area (Å²) in [4.78, 5) is 11.9. The van der Waals surface area contributed by atoms with Gasteiger partial charge in [-0.05, 0) is 32.0 Å². The number of nitrogens with one attached hydrogen (secondary N) is 2. The molecule has 1 aromatic carbocycles. The lowest BCUT2D eigenvalue weighted by molar-refractivity contribution is 0.0367. The largest absolute Gasteiger partial charge is 0.494 e. The van der Waals surface area contributed by atoms with Crippen molar-refractivity contribution in [2.75, 3.05) is 13.2 Å². The van der Waals surface area contributed by atoms with E-state index in [2.05, 4.69) is 10.6 Å². The Labute approximate surface area is 135 Å². The van der Waals surface area contributed by atoms with Crippen LogP contribution in [0.25, 0.3) is 0 Å². The lowest BCUT2D eigenvalue weighted by atomic mass is 10.0. The summed E-state index contributed by atoms with van der Waals surface area (Å²) in [7, 11) is 0. The third-order valence-corrected chi connectivity index (χ3v) is 3.36. The summed E-state index contributed by atoms with van der Waals surface area (Å²) >= 11 is 0. The van der Waals surface area contributed by atoms with Gasteiger partial charge in [0.1, 0.15) is 17.1 Å². The van der Waals surface area contributed by atoms with Crippen LogP contribution in [-0.2, 0) is 12.1 Å². The fourth-order valence-electron chi connectivity index (χ4n) is 2.11. The number of furan rings is 1. The van der Waals surface area contributed by atoms with E-state index in [1.165, 1.54) is 6.26 Å². The maximum Gasteiger partial charge on any atom is 0.315 e. The standard InChI is InChI=1S/C17H22N2O4/c1-3-22-14-8-5-4-7-13(14)11-18-16(20)19-12-17(2,21)15-9-6-10-23-15/h4-10,21H,3,11-12H2,1-2H3,(H2,18,19,20). The summed E-state index contributed by atoms with van der Waals surface area (Å²) in [6, 6.07) is 10.5. The number of hydrogen-bond acceptors (Lipinski definition) is 4. The maximum atomic E-state index is 11.9. The van der Waals surface area contributed by atoms with Crippen molar-refractivity contribution in [2.45, 2.75) is 26.0 Å². The molecule has 2 aromatic rings. The van der Waals surface area contributed by atoms with Crippen LogP contribution < -0.4 is 15.4 Å². The first-order valence-electron chi connectivity index (χ1n) is 7.51. The fourth-order valence-corrected chi connectivity index (χ4v) is 2.11. The Balaban J connectivity index is 1.84. The molecule has 1 aromatic heterocycles. The van der Waals surface area contributed by atoms with Gasteiger partial charge in [-0.1, -0.05) is 18.2 Å². The monoisotopic (exact) mass is 318 g/mol. The highest BCUT2D eigenvalue weighted by atomic mass is 16.5. The van der Waals surface area contributed by atoms with Crippen LogP contribution in [-0.4, -0.2) is 24.3 Å². The summed E-state index contributed by atoms with van der Waals surface area (Å²) in [6.45, 7) is 4.43. The summed E-state index contributed by atoms with van der Waals surface area (Å²) in [5.74, 6) is 1.15. The van der Waals surface area contributed by atoms with Gasteiger partial charge in [0.15, 0.2) is 0 Å². The number of ether oxygens (including phenoxy) is 1. The number of rotatable bonds is 7. The van der Waals surface area contributed by atoms with Gasteiger partial charge >= 0.3 is 6.03 Å². The molecule has 0 saturated carbocycles. The van der Waals surface area contributed by atoms with Gasteiger partial charge in [0.2, 0.25) is 0 Å². The quantitative estimate of drug-likeness (QED) is 0.732. The SMILES string of the molecule is CCOc1ccccc1CNC(=O)NCC(C)(O)c1ccco1. The summed E-state index contributed by atoms with van der Waals surface area (Å²) in [5, 5.41) is 15.6. The van der Waals surface area contributed by atoms with Crippen LogP contribution in [0.5, 0.6) is 5.75 Å². The zero-order chi connectivity index (χ0) is 16.7. The minimum atomic E-state index is -1.26. The van der Waals surface area contributed by atoms with Crippen molar-refractivity contribution in [1.82, 2.24) is 10.6 Å². The molecular formula is C17H22N2O4. The smallest absolute Gasteiger partial charge is 0.315 e. The lowest BCUT2D eigenvalue weighted by Gasteiger charge is -2.21. The highest BCUT2D eigenvalue weighted by Gasteiger charge is 2.26. The van der Waals surface area contributed by atoms with E-state index in [9.17, 15) is 9.90 Å². The van der Waals surface area contributed by atoms with Gasteiger partial charge in [0.25, 0.3) is 0 Å². The number of amides is 2. The van der Waals surface area contributed by atoms with E-state index < -0.39 is 5.60 Å². The molecule has 2 amide bonds. The first-order valence-corrected chi connectivity index (χ1v) is 7.51. The molecule has 0 bridgehead atoms. The van der Waals surface area contributed by atoms with E-state index in [-0.39, 0.29) is 12.6 Å². The Bertz CT molecular complexity index is 623. The molecular weight excluding hydrogens is 296 g/mol. The van der Waals surface area contributed by atoms with Gasteiger partial charge in [-0.25, -0.2) is 4.79 Å². The van der Waals surface area contributed by atoms with E-state index in [1.54, 1.807) is 19.1 Å². The van der Waals surface area contributed by atoms with Gasteiger partial charge in [-0.15, -0.1) is 0 Å². The molecule has 0 spiro atoms. The molecule has 0 saturated heterocycles. The number of hydrogen-bond donors (Lipinski definition) is 3. The predicted molar refractivity (Wildman–Crippen MR) is 86.1 cm³/mol. The Morgan fingerprint density at radius 3 is 2.74 bits per heavy atom. The number of para-hydroxylation sites is 1. The molecule has 2 rings (SSSR count). The molecule has 6 nitrogen and oxygen atoms in total. The zero-order valence-corrected chi connectivity index (χ0v) is 13.3. The van der Waals surface area contributed by atoms with Crippen LogP contribution >= 0.6 is 0 Å². The topological polar surface area (TPSA) is 83.7 Å². The van der Waals surface area contributed by atoms with E-state index in [1.807, 2.05) is 31.2 Å². The van der Waals surface area contributed by atoms with Crippen molar-refractivity contribution in [3.63, 3.8) is 0 Å². The predicted octanol–water partition coefficient (Wildman–Crippen LogP) is 2.39. The third kappa shape index (κ3) is 4.75. The molecule has 0 aliphatic carbocycles. The molecule has 23 heavy (non-hydrogen) atoms. The molecule has 3 N–H and O–H groups in total. The summed E-state index contributed by atoms with van der Waals surface area (Å²) < 4.78 is 10.7. The average molecular weight is 318 g/mol. The summed E-state index contributed by atoms with van der Waals surface area (Å²) in [5.41, 5.74) is -0.369. The van der Waals surface area contributed by atoms with Gasteiger partial charge < -0.3 is 24.9 Å². The number of benzene rings is 1. The third-order valence-electron chi connectivity index (χ3n) is 3.36. The minimum absolute atomic E-state index is 0.0411. The van der Waals surface area contributed by atoms with E-state index >= 15 is 0 Å². The molecule has 1 unspecified atom stereocenters. The Hall–Kier alpha value is -2.47. The number of urea groups is 1. The van der Waals surface area contributed by atoms with Gasteiger partial charge in [-0.3, -0.25) is 0 Å². The minimum Gasteiger partial charge on any atom is -0.494 e. The maximum absolute atomic E-state index is 11.9. The van der Waals surface area contributed by atoms with Crippen LogP contribution in [0, 0.1) is 0 Å². The van der Waals surface area contributed by atoms with Crippen LogP contribution in [0.15, 0.2) is 47.1 Å². The van der Waals surface area contributed by atoms with Gasteiger partial charge in [-0.2, -0.15) is 0 Å². The highest BCUT2D eigenvalue weighted by molar-refractivity contribution is 5.74.